The molecule has 1 N–H and O–H groups in total. The van der Waals surface area contributed by atoms with Crippen LogP contribution in [0.1, 0.15) is 40.9 Å². The summed E-state index contributed by atoms with van der Waals surface area (Å²) in [4.78, 5) is 27.1. The Morgan fingerprint density at radius 2 is 2.00 bits per heavy atom. The molecular formula is C24H32N2O6. The number of carbonyl (C=O) groups is 2. The minimum absolute atomic E-state index is 0.0132. The van der Waals surface area contributed by atoms with Crippen LogP contribution in [0.2, 0.25) is 0 Å². The fourth-order valence-electron chi connectivity index (χ4n) is 3.79. The lowest BCUT2D eigenvalue weighted by molar-refractivity contribution is -0.121. The second-order valence-corrected chi connectivity index (χ2v) is 7.82. The van der Waals surface area contributed by atoms with Gasteiger partial charge in [0.15, 0.2) is 11.5 Å². The number of carbonyl (C=O) groups excluding carboxylic acids is 2. The lowest BCUT2D eigenvalue weighted by atomic mass is 10.1. The number of hydrogen-bond acceptors (Lipinski definition) is 6. The van der Waals surface area contributed by atoms with Crippen LogP contribution in [-0.4, -0.2) is 63.3 Å². The van der Waals surface area contributed by atoms with E-state index >= 15 is 0 Å². The zero-order valence-electron chi connectivity index (χ0n) is 19.0. The largest absolute Gasteiger partial charge is 0.493 e. The van der Waals surface area contributed by atoms with E-state index in [9.17, 15) is 9.59 Å². The first-order valence-electron chi connectivity index (χ1n) is 10.9. The molecule has 2 aromatic rings. The van der Waals surface area contributed by atoms with E-state index in [2.05, 4.69) is 5.32 Å². The molecule has 1 aromatic heterocycles. The number of amides is 2. The smallest absolute Gasteiger partial charge is 0.257 e. The number of ether oxygens (including phenoxy) is 3. The number of benzene rings is 1. The fraction of sp³-hybridized carbons (Fsp3) is 0.500. The van der Waals surface area contributed by atoms with Gasteiger partial charge in [-0.05, 0) is 49.9 Å². The number of nitrogens with zero attached hydrogens (tertiary/aromatic N) is 1. The SMILES string of the molecule is COc1ccc(CCNC(=O)CCN(CC2CCCO2)C(=O)c2ccoc2C)cc1OC. The van der Waals surface area contributed by atoms with Crippen molar-refractivity contribution in [3.63, 3.8) is 0 Å². The molecule has 0 aliphatic carbocycles. The lowest BCUT2D eigenvalue weighted by Gasteiger charge is -2.25. The van der Waals surface area contributed by atoms with Crippen LogP contribution in [0.4, 0.5) is 0 Å². The van der Waals surface area contributed by atoms with Crippen molar-refractivity contribution in [1.82, 2.24) is 10.2 Å². The normalized spacial score (nSPS) is 15.4. The molecule has 0 spiro atoms. The molecule has 1 atom stereocenters. The van der Waals surface area contributed by atoms with Crippen molar-refractivity contribution < 1.29 is 28.2 Å². The van der Waals surface area contributed by atoms with Crippen LogP contribution in [0.3, 0.4) is 0 Å². The molecule has 1 saturated heterocycles. The Labute approximate surface area is 188 Å². The molecule has 3 rings (SSSR count). The molecule has 174 valence electrons. The highest BCUT2D eigenvalue weighted by Gasteiger charge is 2.25. The van der Waals surface area contributed by atoms with E-state index in [1.807, 2.05) is 18.2 Å². The van der Waals surface area contributed by atoms with Crippen LogP contribution < -0.4 is 14.8 Å². The fourth-order valence-corrected chi connectivity index (χ4v) is 3.79. The molecule has 0 saturated carbocycles. The van der Waals surface area contributed by atoms with E-state index < -0.39 is 0 Å². The highest BCUT2D eigenvalue weighted by molar-refractivity contribution is 5.95. The molecule has 32 heavy (non-hydrogen) atoms. The Morgan fingerprint density at radius 1 is 1.19 bits per heavy atom. The molecule has 2 amide bonds. The average Bonchev–Trinajstić information content (AvgIpc) is 3.47. The molecule has 1 aliphatic rings. The van der Waals surface area contributed by atoms with Crippen molar-refractivity contribution in [3.05, 3.63) is 47.4 Å². The van der Waals surface area contributed by atoms with Crippen LogP contribution in [0, 0.1) is 6.92 Å². The summed E-state index contributed by atoms with van der Waals surface area (Å²) in [7, 11) is 3.19. The third-order valence-electron chi connectivity index (χ3n) is 5.62. The van der Waals surface area contributed by atoms with Gasteiger partial charge in [0.2, 0.25) is 5.91 Å². The summed E-state index contributed by atoms with van der Waals surface area (Å²) in [5, 5.41) is 2.93. The number of furan rings is 1. The Hall–Kier alpha value is -3.00. The Balaban J connectivity index is 1.50. The van der Waals surface area contributed by atoms with E-state index in [0.29, 0.717) is 55.5 Å². The average molecular weight is 445 g/mol. The van der Waals surface area contributed by atoms with Gasteiger partial charge in [0.25, 0.3) is 5.91 Å². The van der Waals surface area contributed by atoms with Gasteiger partial charge < -0.3 is 28.8 Å². The maximum absolute atomic E-state index is 13.0. The van der Waals surface area contributed by atoms with Gasteiger partial charge in [-0.15, -0.1) is 0 Å². The van der Waals surface area contributed by atoms with Crippen molar-refractivity contribution in [3.8, 4) is 11.5 Å². The van der Waals surface area contributed by atoms with Crippen LogP contribution in [0.15, 0.2) is 34.9 Å². The van der Waals surface area contributed by atoms with E-state index in [1.165, 1.54) is 6.26 Å². The first-order valence-corrected chi connectivity index (χ1v) is 10.9. The minimum Gasteiger partial charge on any atom is -0.493 e. The summed E-state index contributed by atoms with van der Waals surface area (Å²) in [5.74, 6) is 1.68. The Morgan fingerprint density at radius 3 is 2.66 bits per heavy atom. The number of aryl methyl sites for hydroxylation is 1. The van der Waals surface area contributed by atoms with Gasteiger partial charge in [0, 0.05) is 32.7 Å². The van der Waals surface area contributed by atoms with Crippen LogP contribution >= 0.6 is 0 Å². The maximum atomic E-state index is 13.0. The lowest BCUT2D eigenvalue weighted by Crippen LogP contribution is -2.40. The van der Waals surface area contributed by atoms with E-state index in [1.54, 1.807) is 32.1 Å². The summed E-state index contributed by atoms with van der Waals surface area (Å²) in [5.41, 5.74) is 1.56. The van der Waals surface area contributed by atoms with Gasteiger partial charge in [0.1, 0.15) is 5.76 Å². The molecule has 8 nitrogen and oxygen atoms in total. The van der Waals surface area contributed by atoms with E-state index in [4.69, 9.17) is 18.6 Å². The predicted molar refractivity (Wildman–Crippen MR) is 119 cm³/mol. The van der Waals surface area contributed by atoms with E-state index in [0.717, 1.165) is 18.4 Å². The first kappa shape index (κ1) is 23.7. The van der Waals surface area contributed by atoms with E-state index in [-0.39, 0.29) is 24.3 Å². The third-order valence-corrected chi connectivity index (χ3v) is 5.62. The molecular weight excluding hydrogens is 412 g/mol. The van der Waals surface area contributed by atoms with Gasteiger partial charge in [-0.1, -0.05) is 6.07 Å². The predicted octanol–water partition coefficient (Wildman–Crippen LogP) is 2.98. The van der Waals surface area contributed by atoms with Gasteiger partial charge in [-0.3, -0.25) is 9.59 Å². The quantitative estimate of drug-likeness (QED) is 0.573. The molecule has 2 heterocycles. The van der Waals surface area contributed by atoms with Crippen molar-refractivity contribution in [2.24, 2.45) is 0 Å². The number of hydrogen-bond donors (Lipinski definition) is 1. The van der Waals surface area contributed by atoms with Crippen molar-refractivity contribution in [2.45, 2.75) is 38.7 Å². The molecule has 1 aromatic carbocycles. The zero-order chi connectivity index (χ0) is 22.9. The van der Waals surface area contributed by atoms with Crippen LogP contribution in [-0.2, 0) is 16.0 Å². The van der Waals surface area contributed by atoms with Gasteiger partial charge in [0.05, 0.1) is 32.2 Å². The summed E-state index contributed by atoms with van der Waals surface area (Å²) >= 11 is 0. The highest BCUT2D eigenvalue weighted by Crippen LogP contribution is 2.27. The minimum atomic E-state index is -0.134. The third kappa shape index (κ3) is 6.26. The number of nitrogens with one attached hydrogen (secondary N) is 1. The van der Waals surface area contributed by atoms with Gasteiger partial charge in [-0.25, -0.2) is 0 Å². The second kappa shape index (κ2) is 11.6. The molecule has 1 aliphatic heterocycles. The molecule has 0 bridgehead atoms. The molecule has 1 unspecified atom stereocenters. The van der Waals surface area contributed by atoms with Crippen LogP contribution in [0.5, 0.6) is 11.5 Å². The Bertz CT molecular complexity index is 904. The summed E-state index contributed by atoms with van der Waals surface area (Å²) < 4.78 is 21.5. The number of rotatable bonds is 11. The van der Waals surface area contributed by atoms with Crippen molar-refractivity contribution in [1.29, 1.82) is 0 Å². The highest BCUT2D eigenvalue weighted by atomic mass is 16.5. The summed E-state index contributed by atoms with van der Waals surface area (Å²) in [6, 6.07) is 7.37. The molecule has 8 heteroatoms. The summed E-state index contributed by atoms with van der Waals surface area (Å²) in [6.07, 6.45) is 4.33. The maximum Gasteiger partial charge on any atom is 0.257 e. The molecule has 0 radical (unpaired) electrons. The zero-order valence-corrected chi connectivity index (χ0v) is 19.0. The van der Waals surface area contributed by atoms with Gasteiger partial charge >= 0.3 is 0 Å². The van der Waals surface area contributed by atoms with Crippen molar-refractivity contribution in [2.75, 3.05) is 40.5 Å². The van der Waals surface area contributed by atoms with Gasteiger partial charge in [-0.2, -0.15) is 0 Å². The first-order chi connectivity index (χ1) is 15.5. The number of methoxy groups -OCH3 is 2. The standard InChI is InChI=1S/C24H32N2O6/c1-17-20(10-14-31-17)24(28)26(16-19-5-4-13-32-19)12-9-23(27)25-11-8-18-6-7-21(29-2)22(15-18)30-3/h6-7,10,14-15,19H,4-5,8-9,11-13,16H2,1-3H3,(H,25,27). The summed E-state index contributed by atoms with van der Waals surface area (Å²) in [6.45, 7) is 3.77. The van der Waals surface area contributed by atoms with Crippen molar-refractivity contribution >= 4 is 11.8 Å². The topological polar surface area (TPSA) is 90.2 Å². The van der Waals surface area contributed by atoms with Crippen LogP contribution in [0.25, 0.3) is 0 Å². The second-order valence-electron chi connectivity index (χ2n) is 7.82. The Kier molecular flexibility index (Phi) is 8.56. The molecule has 1 fully saturated rings. The monoisotopic (exact) mass is 444 g/mol.